The van der Waals surface area contributed by atoms with Gasteiger partial charge in [0.2, 0.25) is 0 Å². The van der Waals surface area contributed by atoms with E-state index < -0.39 is 4.92 Å². The Labute approximate surface area is 195 Å². The second-order valence-electron chi connectivity index (χ2n) is 8.44. The molecule has 1 saturated heterocycles. The molecule has 1 atom stereocenters. The normalized spacial score (nSPS) is 15.6. The van der Waals surface area contributed by atoms with Gasteiger partial charge in [0.1, 0.15) is 23.3 Å². The monoisotopic (exact) mass is 460 g/mol. The van der Waals surface area contributed by atoms with Crippen molar-refractivity contribution < 1.29 is 14.5 Å². The lowest BCUT2D eigenvalue weighted by Crippen LogP contribution is -2.12. The summed E-state index contributed by atoms with van der Waals surface area (Å²) in [6, 6.07) is 12.7. The minimum atomic E-state index is -0.411. The molecule has 1 fully saturated rings. The van der Waals surface area contributed by atoms with Crippen LogP contribution >= 0.6 is 0 Å². The zero-order valence-electron chi connectivity index (χ0n) is 18.9. The molecule has 2 aromatic carbocycles. The van der Waals surface area contributed by atoms with Gasteiger partial charge >= 0.3 is 5.69 Å². The number of carbonyl (C=O) groups excluding carboxylic acids is 1. The van der Waals surface area contributed by atoms with Gasteiger partial charge in [-0.3, -0.25) is 19.6 Å². The Morgan fingerprint density at radius 2 is 2.06 bits per heavy atom. The van der Waals surface area contributed by atoms with Crippen molar-refractivity contribution in [2.24, 2.45) is 0 Å². The first-order valence-corrected chi connectivity index (χ1v) is 11.1. The summed E-state index contributed by atoms with van der Waals surface area (Å²) in [6.07, 6.45) is 1.99. The summed E-state index contributed by atoms with van der Waals surface area (Å²) in [5.41, 5.74) is 4.66. The zero-order chi connectivity index (χ0) is 23.8. The van der Waals surface area contributed by atoms with Crippen LogP contribution < -0.4 is 5.32 Å². The van der Waals surface area contributed by atoms with E-state index in [0.717, 1.165) is 41.9 Å². The molecule has 0 saturated carbocycles. The third-order valence-electron chi connectivity index (χ3n) is 6.07. The van der Waals surface area contributed by atoms with Gasteiger partial charge in [0.05, 0.1) is 22.5 Å². The highest BCUT2D eigenvalue weighted by Crippen LogP contribution is 2.29. The number of nitrogens with zero attached hydrogens (tertiary/aromatic N) is 4. The number of nitro groups is 1. The van der Waals surface area contributed by atoms with Gasteiger partial charge in [-0.05, 0) is 62.6 Å². The van der Waals surface area contributed by atoms with Crippen molar-refractivity contribution in [3.05, 3.63) is 80.9 Å². The number of aromatic nitrogens is 4. The van der Waals surface area contributed by atoms with Gasteiger partial charge in [-0.15, -0.1) is 0 Å². The fourth-order valence-electron chi connectivity index (χ4n) is 4.30. The molecule has 1 unspecified atom stereocenters. The van der Waals surface area contributed by atoms with Crippen molar-refractivity contribution in [3.63, 3.8) is 0 Å². The third-order valence-corrected chi connectivity index (χ3v) is 6.07. The molecular weight excluding hydrogens is 436 g/mol. The van der Waals surface area contributed by atoms with Crippen LogP contribution in [0, 0.1) is 24.0 Å². The molecule has 1 aliphatic rings. The minimum Gasteiger partial charge on any atom is -0.370 e. The van der Waals surface area contributed by atoms with Crippen molar-refractivity contribution in [2.75, 3.05) is 11.9 Å². The van der Waals surface area contributed by atoms with E-state index in [1.807, 2.05) is 30.3 Å². The lowest BCUT2D eigenvalue weighted by molar-refractivity contribution is -0.386. The summed E-state index contributed by atoms with van der Waals surface area (Å²) in [4.78, 5) is 31.5. The van der Waals surface area contributed by atoms with Gasteiger partial charge in [0.25, 0.3) is 5.91 Å². The van der Waals surface area contributed by atoms with Gasteiger partial charge in [-0.25, -0.2) is 4.98 Å². The SMILES string of the molecule is Cc1nn(Cc2ccc(C(=O)Nc3ccc4nc(C5CCCO5)[nH]c4c3)cc2)c(C)c1[N+](=O)[O-]. The molecule has 5 rings (SSSR count). The molecule has 10 heteroatoms. The average molecular weight is 460 g/mol. The average Bonchev–Trinajstić information content (AvgIpc) is 3.53. The summed E-state index contributed by atoms with van der Waals surface area (Å²) >= 11 is 0. The lowest BCUT2D eigenvalue weighted by atomic mass is 10.1. The van der Waals surface area contributed by atoms with Crippen molar-refractivity contribution in [1.29, 1.82) is 0 Å². The molecular formula is C24H24N6O4. The van der Waals surface area contributed by atoms with E-state index in [1.165, 1.54) is 0 Å². The minimum absolute atomic E-state index is 0.00420. The van der Waals surface area contributed by atoms with E-state index in [0.29, 0.717) is 29.2 Å². The molecule has 3 heterocycles. The fraction of sp³-hybridized carbons (Fsp3) is 0.292. The molecule has 34 heavy (non-hydrogen) atoms. The Morgan fingerprint density at radius 1 is 1.26 bits per heavy atom. The van der Waals surface area contributed by atoms with Crippen LogP contribution in [0.1, 0.15) is 52.1 Å². The molecule has 10 nitrogen and oxygen atoms in total. The molecule has 2 N–H and O–H groups in total. The van der Waals surface area contributed by atoms with E-state index in [9.17, 15) is 14.9 Å². The second-order valence-corrected chi connectivity index (χ2v) is 8.44. The van der Waals surface area contributed by atoms with Gasteiger partial charge in [-0.2, -0.15) is 5.10 Å². The number of aryl methyl sites for hydroxylation is 1. The molecule has 0 spiro atoms. The summed E-state index contributed by atoms with van der Waals surface area (Å²) in [6.45, 7) is 4.44. The Kier molecular flexibility index (Phi) is 5.58. The van der Waals surface area contributed by atoms with Gasteiger partial charge in [-0.1, -0.05) is 12.1 Å². The van der Waals surface area contributed by atoms with Crippen LogP contribution in [-0.4, -0.2) is 37.2 Å². The number of hydrogen-bond donors (Lipinski definition) is 2. The summed E-state index contributed by atoms with van der Waals surface area (Å²) in [5, 5.41) is 18.4. The Bertz CT molecular complexity index is 1380. The number of nitrogens with one attached hydrogen (secondary N) is 2. The number of imidazole rings is 1. The molecule has 4 aromatic rings. The molecule has 0 aliphatic carbocycles. The summed E-state index contributed by atoms with van der Waals surface area (Å²) in [5.74, 6) is 0.589. The molecule has 1 aliphatic heterocycles. The number of hydrogen-bond acceptors (Lipinski definition) is 6. The maximum absolute atomic E-state index is 12.8. The maximum atomic E-state index is 12.8. The highest BCUT2D eigenvalue weighted by molar-refractivity contribution is 6.05. The predicted molar refractivity (Wildman–Crippen MR) is 126 cm³/mol. The smallest absolute Gasteiger partial charge is 0.312 e. The summed E-state index contributed by atoms with van der Waals surface area (Å²) < 4.78 is 7.30. The number of benzene rings is 2. The van der Waals surface area contributed by atoms with Crippen LogP contribution in [0.2, 0.25) is 0 Å². The Hall–Kier alpha value is -4.05. The van der Waals surface area contributed by atoms with Gasteiger partial charge in [0, 0.05) is 17.9 Å². The third kappa shape index (κ3) is 4.15. The lowest BCUT2D eigenvalue weighted by Gasteiger charge is -2.07. The standard InChI is InChI=1S/C24H24N6O4/c1-14-22(30(32)33)15(2)29(28-14)13-16-5-7-17(8-6-16)24(31)25-18-9-10-19-20(12-18)27-23(26-19)21-4-3-11-34-21/h5-10,12,21H,3-4,11,13H2,1-2H3,(H,25,31)(H,26,27). The van der Waals surface area contributed by atoms with Crippen molar-refractivity contribution in [3.8, 4) is 0 Å². The van der Waals surface area contributed by atoms with E-state index >= 15 is 0 Å². The quantitative estimate of drug-likeness (QED) is 0.323. The molecule has 1 amide bonds. The number of H-pyrrole nitrogens is 1. The number of rotatable bonds is 6. The summed E-state index contributed by atoms with van der Waals surface area (Å²) in [7, 11) is 0. The zero-order valence-corrected chi connectivity index (χ0v) is 18.9. The fourth-order valence-corrected chi connectivity index (χ4v) is 4.30. The van der Waals surface area contributed by atoms with Gasteiger partial charge < -0.3 is 15.0 Å². The van der Waals surface area contributed by atoms with Crippen LogP contribution in [0.5, 0.6) is 0 Å². The first-order chi connectivity index (χ1) is 16.4. The van der Waals surface area contributed by atoms with Crippen molar-refractivity contribution in [2.45, 2.75) is 39.3 Å². The van der Waals surface area contributed by atoms with Crippen molar-refractivity contribution >= 4 is 28.3 Å². The molecule has 0 bridgehead atoms. The van der Waals surface area contributed by atoms with Crippen LogP contribution in [0.4, 0.5) is 11.4 Å². The largest absolute Gasteiger partial charge is 0.370 e. The molecule has 174 valence electrons. The number of aromatic amines is 1. The highest BCUT2D eigenvalue weighted by atomic mass is 16.6. The number of carbonyl (C=O) groups is 1. The van der Waals surface area contributed by atoms with Crippen LogP contribution in [0.25, 0.3) is 11.0 Å². The van der Waals surface area contributed by atoms with E-state index in [1.54, 1.807) is 30.7 Å². The molecule has 0 radical (unpaired) electrons. The molecule has 2 aromatic heterocycles. The first kappa shape index (κ1) is 21.8. The number of fused-ring (bicyclic) bond motifs is 1. The highest BCUT2D eigenvalue weighted by Gasteiger charge is 2.22. The van der Waals surface area contributed by atoms with E-state index in [4.69, 9.17) is 4.74 Å². The van der Waals surface area contributed by atoms with Crippen LogP contribution in [0.15, 0.2) is 42.5 Å². The first-order valence-electron chi connectivity index (χ1n) is 11.1. The number of anilines is 1. The topological polar surface area (TPSA) is 128 Å². The maximum Gasteiger partial charge on any atom is 0.312 e. The van der Waals surface area contributed by atoms with Crippen molar-refractivity contribution in [1.82, 2.24) is 19.7 Å². The van der Waals surface area contributed by atoms with Crippen LogP contribution in [0.3, 0.4) is 0 Å². The predicted octanol–water partition coefficient (Wildman–Crippen LogP) is 4.44. The number of amides is 1. The Balaban J connectivity index is 1.27. The Morgan fingerprint density at radius 3 is 2.74 bits per heavy atom. The van der Waals surface area contributed by atoms with Gasteiger partial charge in [0.15, 0.2) is 0 Å². The van der Waals surface area contributed by atoms with E-state index in [2.05, 4.69) is 20.4 Å². The second kappa shape index (κ2) is 8.71. The van der Waals surface area contributed by atoms with Crippen LogP contribution in [-0.2, 0) is 11.3 Å². The number of ether oxygens (including phenoxy) is 1. The van der Waals surface area contributed by atoms with E-state index in [-0.39, 0.29) is 17.7 Å².